The number of benzene rings is 3. The summed E-state index contributed by atoms with van der Waals surface area (Å²) in [6, 6.07) is 17.7. The molecule has 0 aromatic heterocycles. The van der Waals surface area contributed by atoms with E-state index in [2.05, 4.69) is 10.6 Å². The van der Waals surface area contributed by atoms with E-state index >= 15 is 0 Å². The molecule has 0 aliphatic heterocycles. The zero-order chi connectivity index (χ0) is 22.2. The van der Waals surface area contributed by atoms with Crippen molar-refractivity contribution in [2.75, 3.05) is 17.2 Å². The lowest BCUT2D eigenvalue weighted by Gasteiger charge is -2.08. The first kappa shape index (κ1) is 22.1. The van der Waals surface area contributed by atoms with Crippen LogP contribution in [-0.4, -0.2) is 18.4 Å². The van der Waals surface area contributed by atoms with E-state index in [-0.39, 0.29) is 10.9 Å². The molecule has 0 fully saturated rings. The lowest BCUT2D eigenvalue weighted by molar-refractivity contribution is -0.111. The van der Waals surface area contributed by atoms with Crippen molar-refractivity contribution < 1.29 is 18.7 Å². The van der Waals surface area contributed by atoms with Crippen LogP contribution in [0.2, 0.25) is 5.02 Å². The molecule has 31 heavy (non-hydrogen) atoms. The summed E-state index contributed by atoms with van der Waals surface area (Å²) in [6.45, 7) is 2.50. The number of hydrogen-bond donors (Lipinski definition) is 2. The van der Waals surface area contributed by atoms with Crippen LogP contribution < -0.4 is 15.4 Å². The maximum Gasteiger partial charge on any atom is 0.255 e. The average molecular weight is 439 g/mol. The van der Waals surface area contributed by atoms with Gasteiger partial charge < -0.3 is 15.4 Å². The minimum Gasteiger partial charge on any atom is -0.494 e. The van der Waals surface area contributed by atoms with Crippen LogP contribution in [0.1, 0.15) is 22.8 Å². The standard InChI is InChI=1S/C24H20ClFN2O3/c1-2-31-20-10-6-16(7-11-20)8-13-23(29)27-18-5-3-4-17(14-18)24(30)28-19-9-12-22(26)21(25)15-19/h3-15H,2H2,1H3,(H,27,29)(H,28,30)/b13-8+. The summed E-state index contributed by atoms with van der Waals surface area (Å²) in [6.07, 6.45) is 3.09. The van der Waals surface area contributed by atoms with Gasteiger partial charge in [0.15, 0.2) is 0 Å². The molecule has 0 saturated heterocycles. The summed E-state index contributed by atoms with van der Waals surface area (Å²) in [5.74, 6) is -0.551. The fourth-order valence-corrected chi connectivity index (χ4v) is 2.89. The second kappa shape index (κ2) is 10.4. The van der Waals surface area contributed by atoms with E-state index in [4.69, 9.17) is 16.3 Å². The van der Waals surface area contributed by atoms with Crippen LogP contribution in [0.3, 0.4) is 0 Å². The lowest BCUT2D eigenvalue weighted by Crippen LogP contribution is -2.13. The predicted octanol–water partition coefficient (Wildman–Crippen LogP) is 5.78. The summed E-state index contributed by atoms with van der Waals surface area (Å²) in [4.78, 5) is 24.7. The Morgan fingerprint density at radius 1 is 1.00 bits per heavy atom. The fraction of sp³-hybridized carbons (Fsp3) is 0.0833. The molecule has 3 aromatic carbocycles. The van der Waals surface area contributed by atoms with Crippen LogP contribution in [0.15, 0.2) is 72.8 Å². The van der Waals surface area contributed by atoms with Crippen molar-refractivity contribution in [2.24, 2.45) is 0 Å². The zero-order valence-electron chi connectivity index (χ0n) is 16.7. The van der Waals surface area contributed by atoms with E-state index in [9.17, 15) is 14.0 Å². The highest BCUT2D eigenvalue weighted by atomic mass is 35.5. The number of nitrogens with one attached hydrogen (secondary N) is 2. The summed E-state index contributed by atoms with van der Waals surface area (Å²) in [5, 5.41) is 5.27. The first-order valence-corrected chi connectivity index (χ1v) is 9.91. The van der Waals surface area contributed by atoms with Crippen molar-refractivity contribution in [3.63, 3.8) is 0 Å². The number of halogens is 2. The maximum atomic E-state index is 13.3. The van der Waals surface area contributed by atoms with Gasteiger partial charge in [-0.3, -0.25) is 9.59 Å². The molecule has 2 N–H and O–H groups in total. The number of carbonyl (C=O) groups is 2. The Kier molecular flexibility index (Phi) is 7.40. The van der Waals surface area contributed by atoms with Crippen LogP contribution in [0.4, 0.5) is 15.8 Å². The van der Waals surface area contributed by atoms with Gasteiger partial charge >= 0.3 is 0 Å². The van der Waals surface area contributed by atoms with Gasteiger partial charge in [0.1, 0.15) is 11.6 Å². The number of amides is 2. The van der Waals surface area contributed by atoms with Gasteiger partial charge in [0.25, 0.3) is 5.91 Å². The topological polar surface area (TPSA) is 67.4 Å². The molecule has 0 saturated carbocycles. The van der Waals surface area contributed by atoms with E-state index in [1.165, 1.54) is 24.3 Å². The van der Waals surface area contributed by atoms with Crippen molar-refractivity contribution in [1.29, 1.82) is 0 Å². The third-order valence-electron chi connectivity index (χ3n) is 4.19. The molecule has 0 heterocycles. The largest absolute Gasteiger partial charge is 0.494 e. The third kappa shape index (κ3) is 6.42. The molecule has 158 valence electrons. The SMILES string of the molecule is CCOc1ccc(/C=C/C(=O)Nc2cccc(C(=O)Nc3ccc(F)c(Cl)c3)c2)cc1. The first-order valence-electron chi connectivity index (χ1n) is 9.53. The molecule has 0 bridgehead atoms. The molecule has 0 spiro atoms. The highest BCUT2D eigenvalue weighted by Crippen LogP contribution is 2.20. The Hall–Kier alpha value is -3.64. The van der Waals surface area contributed by atoms with Crippen molar-refractivity contribution in [3.05, 3.63) is 94.8 Å². The monoisotopic (exact) mass is 438 g/mol. The van der Waals surface area contributed by atoms with Gasteiger partial charge in [0.05, 0.1) is 11.6 Å². The molecule has 5 nitrogen and oxygen atoms in total. The van der Waals surface area contributed by atoms with E-state index in [0.29, 0.717) is 23.5 Å². The highest BCUT2D eigenvalue weighted by Gasteiger charge is 2.09. The normalized spacial score (nSPS) is 10.7. The fourth-order valence-electron chi connectivity index (χ4n) is 2.71. The van der Waals surface area contributed by atoms with E-state index in [0.717, 1.165) is 11.3 Å². The van der Waals surface area contributed by atoms with Gasteiger partial charge in [-0.2, -0.15) is 0 Å². The first-order chi connectivity index (χ1) is 14.9. The summed E-state index contributed by atoms with van der Waals surface area (Å²) < 4.78 is 18.6. The molecule has 7 heteroatoms. The van der Waals surface area contributed by atoms with Crippen LogP contribution >= 0.6 is 11.6 Å². The highest BCUT2D eigenvalue weighted by molar-refractivity contribution is 6.31. The Balaban J connectivity index is 1.61. The summed E-state index contributed by atoms with van der Waals surface area (Å²) in [5.41, 5.74) is 2.01. The lowest BCUT2D eigenvalue weighted by atomic mass is 10.1. The van der Waals surface area contributed by atoms with Crippen molar-refractivity contribution in [3.8, 4) is 5.75 Å². The van der Waals surface area contributed by atoms with Crippen LogP contribution in [0, 0.1) is 5.82 Å². The van der Waals surface area contributed by atoms with Crippen molar-refractivity contribution in [2.45, 2.75) is 6.92 Å². The van der Waals surface area contributed by atoms with Crippen LogP contribution in [-0.2, 0) is 4.79 Å². The Bertz CT molecular complexity index is 1110. The zero-order valence-corrected chi connectivity index (χ0v) is 17.4. The molecule has 0 aliphatic rings. The molecule has 0 aliphatic carbocycles. The van der Waals surface area contributed by atoms with Crippen molar-refractivity contribution in [1.82, 2.24) is 0 Å². The number of carbonyl (C=O) groups excluding carboxylic acids is 2. The number of rotatable bonds is 7. The summed E-state index contributed by atoms with van der Waals surface area (Å²) in [7, 11) is 0. The van der Waals surface area contributed by atoms with Crippen LogP contribution in [0.25, 0.3) is 6.08 Å². The molecule has 3 rings (SSSR count). The van der Waals surface area contributed by atoms with E-state index in [1.54, 1.807) is 30.3 Å². The molecule has 0 radical (unpaired) electrons. The average Bonchev–Trinajstić information content (AvgIpc) is 2.76. The second-order valence-electron chi connectivity index (χ2n) is 6.49. The summed E-state index contributed by atoms with van der Waals surface area (Å²) >= 11 is 5.74. The predicted molar refractivity (Wildman–Crippen MR) is 121 cm³/mol. The molecular weight excluding hydrogens is 419 g/mol. The van der Waals surface area contributed by atoms with Gasteiger partial charge in [-0.15, -0.1) is 0 Å². The van der Waals surface area contributed by atoms with Gasteiger partial charge in [-0.1, -0.05) is 29.8 Å². The maximum absolute atomic E-state index is 13.3. The van der Waals surface area contributed by atoms with E-state index < -0.39 is 11.7 Å². The minimum atomic E-state index is -0.567. The minimum absolute atomic E-state index is 0.0851. The van der Waals surface area contributed by atoms with Gasteiger partial charge in [0.2, 0.25) is 5.91 Å². The molecular formula is C24H20ClFN2O3. The third-order valence-corrected chi connectivity index (χ3v) is 4.48. The molecule has 3 aromatic rings. The van der Waals surface area contributed by atoms with Crippen LogP contribution in [0.5, 0.6) is 5.75 Å². The Morgan fingerprint density at radius 2 is 1.74 bits per heavy atom. The molecule has 0 atom stereocenters. The van der Waals surface area contributed by atoms with Crippen molar-refractivity contribution >= 4 is 40.9 Å². The van der Waals surface area contributed by atoms with Gasteiger partial charge in [0, 0.05) is 23.0 Å². The molecule has 0 unspecified atom stereocenters. The Morgan fingerprint density at radius 3 is 2.45 bits per heavy atom. The quantitative estimate of drug-likeness (QED) is 0.459. The smallest absolute Gasteiger partial charge is 0.255 e. The van der Waals surface area contributed by atoms with E-state index in [1.807, 2.05) is 31.2 Å². The van der Waals surface area contributed by atoms with Gasteiger partial charge in [-0.05, 0) is 67.1 Å². The number of ether oxygens (including phenoxy) is 1. The van der Waals surface area contributed by atoms with Gasteiger partial charge in [-0.25, -0.2) is 4.39 Å². The Labute approximate surface area is 184 Å². The molecule has 2 amide bonds. The number of hydrogen-bond acceptors (Lipinski definition) is 3. The second-order valence-corrected chi connectivity index (χ2v) is 6.90. The number of anilines is 2.